The van der Waals surface area contributed by atoms with Crippen LogP contribution in [-0.2, 0) is 0 Å². The summed E-state index contributed by atoms with van der Waals surface area (Å²) in [4.78, 5) is 19.0. The Morgan fingerprint density at radius 1 is 1.27 bits per heavy atom. The van der Waals surface area contributed by atoms with Gasteiger partial charge in [0.1, 0.15) is 11.6 Å². The zero-order chi connectivity index (χ0) is 18.5. The summed E-state index contributed by atoms with van der Waals surface area (Å²) >= 11 is 8.17. The van der Waals surface area contributed by atoms with E-state index in [9.17, 15) is 10.1 Å². The molecule has 3 rings (SSSR count). The molecule has 0 radical (unpaired) electrons. The van der Waals surface area contributed by atoms with Crippen LogP contribution in [0.15, 0.2) is 58.4 Å². The zero-order valence-electron chi connectivity index (χ0n) is 13.2. The Kier molecular flexibility index (Phi) is 5.65. The van der Waals surface area contributed by atoms with Gasteiger partial charge in [-0.25, -0.2) is 10.4 Å². The fourth-order valence-corrected chi connectivity index (χ4v) is 3.38. The van der Waals surface area contributed by atoms with Crippen molar-refractivity contribution in [1.29, 1.82) is 5.26 Å². The summed E-state index contributed by atoms with van der Waals surface area (Å²) in [6, 6.07) is 16.4. The number of nitriles is 1. The van der Waals surface area contributed by atoms with Gasteiger partial charge in [-0.3, -0.25) is 9.78 Å². The van der Waals surface area contributed by atoms with E-state index in [4.69, 9.17) is 11.6 Å². The summed E-state index contributed by atoms with van der Waals surface area (Å²) in [5, 5.41) is 13.9. The van der Waals surface area contributed by atoms with E-state index in [1.807, 2.05) is 36.4 Å². The predicted molar refractivity (Wildman–Crippen MR) is 110 cm³/mol. The predicted octanol–water partition coefficient (Wildman–Crippen LogP) is 4.01. The van der Waals surface area contributed by atoms with E-state index in [0.29, 0.717) is 16.3 Å². The lowest BCUT2D eigenvalue weighted by molar-refractivity contribution is 1.08. The molecule has 3 aromatic rings. The van der Waals surface area contributed by atoms with Crippen molar-refractivity contribution in [2.24, 2.45) is 5.10 Å². The molecule has 128 valence electrons. The van der Waals surface area contributed by atoms with Crippen molar-refractivity contribution in [3.05, 3.63) is 78.6 Å². The maximum atomic E-state index is 12.2. The van der Waals surface area contributed by atoms with Gasteiger partial charge >= 0.3 is 0 Å². The molecule has 0 bridgehead atoms. The van der Waals surface area contributed by atoms with Gasteiger partial charge in [0.15, 0.2) is 0 Å². The number of benzene rings is 2. The molecular weight excluding hydrogens is 465 g/mol. The first-order chi connectivity index (χ1) is 12.6. The second-order valence-electron chi connectivity index (χ2n) is 5.19. The molecule has 0 aliphatic heterocycles. The number of nitrogens with one attached hydrogen (secondary N) is 2. The Bertz CT molecular complexity index is 1050. The molecule has 0 fully saturated rings. The van der Waals surface area contributed by atoms with Crippen molar-refractivity contribution in [3.8, 4) is 17.3 Å². The number of anilines is 1. The quantitative estimate of drug-likeness (QED) is 0.339. The normalized spacial score (nSPS) is 10.7. The second-order valence-corrected chi connectivity index (χ2v) is 6.87. The van der Waals surface area contributed by atoms with Crippen LogP contribution in [0.5, 0.6) is 0 Å². The van der Waals surface area contributed by atoms with Crippen molar-refractivity contribution < 1.29 is 0 Å². The molecule has 1 heterocycles. The Morgan fingerprint density at radius 2 is 2.04 bits per heavy atom. The van der Waals surface area contributed by atoms with Crippen LogP contribution < -0.4 is 11.0 Å². The zero-order valence-corrected chi connectivity index (χ0v) is 16.1. The first-order valence-corrected chi connectivity index (χ1v) is 8.87. The number of H-pyrrole nitrogens is 1. The molecule has 8 heteroatoms. The largest absolute Gasteiger partial charge is 0.290 e. The summed E-state index contributed by atoms with van der Waals surface area (Å²) < 4.78 is 0.979. The van der Waals surface area contributed by atoms with Gasteiger partial charge in [-0.1, -0.05) is 41.9 Å². The highest BCUT2D eigenvalue weighted by molar-refractivity contribution is 14.1. The fourth-order valence-electron chi connectivity index (χ4n) is 2.25. The second kappa shape index (κ2) is 8.12. The van der Waals surface area contributed by atoms with Crippen LogP contribution in [0.4, 0.5) is 5.95 Å². The maximum absolute atomic E-state index is 12.2. The van der Waals surface area contributed by atoms with E-state index < -0.39 is 5.56 Å². The SMILES string of the molecule is N#Cc1c(-c2ccccc2)nc(NN=Cc2cc(Cl)cc(I)c2)[nH]c1=O. The first-order valence-electron chi connectivity index (χ1n) is 7.42. The number of hydrogen-bond acceptors (Lipinski definition) is 5. The van der Waals surface area contributed by atoms with Crippen molar-refractivity contribution in [2.75, 3.05) is 5.43 Å². The van der Waals surface area contributed by atoms with Crippen LogP contribution in [0.1, 0.15) is 11.1 Å². The van der Waals surface area contributed by atoms with Crippen molar-refractivity contribution in [3.63, 3.8) is 0 Å². The molecule has 6 nitrogen and oxygen atoms in total. The third kappa shape index (κ3) is 4.28. The Morgan fingerprint density at radius 3 is 2.73 bits per heavy atom. The van der Waals surface area contributed by atoms with Gasteiger partial charge in [-0.15, -0.1) is 0 Å². The smallest absolute Gasteiger partial charge is 0.270 e. The first kappa shape index (κ1) is 18.1. The number of halogens is 2. The minimum Gasteiger partial charge on any atom is -0.290 e. The van der Waals surface area contributed by atoms with E-state index in [-0.39, 0.29) is 11.5 Å². The van der Waals surface area contributed by atoms with Gasteiger partial charge in [0.25, 0.3) is 5.56 Å². The topological polar surface area (TPSA) is 93.9 Å². The molecule has 0 saturated carbocycles. The minimum atomic E-state index is -0.531. The lowest BCUT2D eigenvalue weighted by atomic mass is 10.1. The third-order valence-electron chi connectivity index (χ3n) is 3.35. The van der Waals surface area contributed by atoms with Gasteiger partial charge < -0.3 is 0 Å². The summed E-state index contributed by atoms with van der Waals surface area (Å²) in [7, 11) is 0. The molecule has 0 aliphatic carbocycles. The van der Waals surface area contributed by atoms with E-state index in [0.717, 1.165) is 9.13 Å². The molecule has 0 atom stereocenters. The van der Waals surface area contributed by atoms with Gasteiger partial charge in [-0.2, -0.15) is 10.4 Å². The lowest BCUT2D eigenvalue weighted by Crippen LogP contribution is -2.16. The van der Waals surface area contributed by atoms with E-state index >= 15 is 0 Å². The molecule has 1 aromatic heterocycles. The average Bonchev–Trinajstić information content (AvgIpc) is 2.61. The number of nitrogens with zero attached hydrogens (tertiary/aromatic N) is 3. The molecule has 2 aromatic carbocycles. The summed E-state index contributed by atoms with van der Waals surface area (Å²) in [5.41, 5.74) is 3.88. The molecule has 0 amide bonds. The number of hydrazone groups is 1. The van der Waals surface area contributed by atoms with Crippen LogP contribution in [0.2, 0.25) is 5.02 Å². The van der Waals surface area contributed by atoms with Crippen molar-refractivity contribution >= 4 is 46.4 Å². The summed E-state index contributed by atoms with van der Waals surface area (Å²) in [6.45, 7) is 0. The fraction of sp³-hybridized carbons (Fsp3) is 0. The monoisotopic (exact) mass is 475 g/mol. The minimum absolute atomic E-state index is 0.0462. The standard InChI is InChI=1S/C18H11ClIN5O/c19-13-6-11(7-14(20)8-13)10-22-25-18-23-16(12-4-2-1-3-5-12)15(9-21)17(26)24-18/h1-8,10H,(H2,23,24,25,26). The molecule has 0 unspecified atom stereocenters. The van der Waals surface area contributed by atoms with Crippen molar-refractivity contribution in [2.45, 2.75) is 0 Å². The van der Waals surface area contributed by atoms with Crippen LogP contribution in [0.25, 0.3) is 11.3 Å². The number of aromatic nitrogens is 2. The van der Waals surface area contributed by atoms with Crippen molar-refractivity contribution in [1.82, 2.24) is 9.97 Å². The highest BCUT2D eigenvalue weighted by atomic mass is 127. The molecule has 0 aliphatic rings. The van der Waals surface area contributed by atoms with Crippen LogP contribution in [0, 0.1) is 14.9 Å². The molecule has 0 saturated heterocycles. The van der Waals surface area contributed by atoms with E-state index in [1.54, 1.807) is 24.4 Å². The Balaban J connectivity index is 1.92. The number of aromatic amines is 1. The van der Waals surface area contributed by atoms with E-state index in [2.05, 4.69) is 43.1 Å². The molecule has 26 heavy (non-hydrogen) atoms. The van der Waals surface area contributed by atoms with Gasteiger partial charge in [0.2, 0.25) is 5.95 Å². The maximum Gasteiger partial charge on any atom is 0.270 e. The Labute approximate surface area is 167 Å². The molecule has 0 spiro atoms. The van der Waals surface area contributed by atoms with Crippen LogP contribution >= 0.6 is 34.2 Å². The third-order valence-corrected chi connectivity index (χ3v) is 4.19. The molecule has 2 N–H and O–H groups in total. The van der Waals surface area contributed by atoms with Gasteiger partial charge in [0.05, 0.1) is 11.9 Å². The number of hydrogen-bond donors (Lipinski definition) is 2. The van der Waals surface area contributed by atoms with E-state index in [1.165, 1.54) is 0 Å². The Hall–Kier alpha value is -2.70. The van der Waals surface area contributed by atoms with Gasteiger partial charge in [0, 0.05) is 14.2 Å². The molecular formula is C18H11ClIN5O. The highest BCUT2D eigenvalue weighted by Gasteiger charge is 2.12. The summed E-state index contributed by atoms with van der Waals surface area (Å²) in [5.74, 6) is 0.140. The van der Waals surface area contributed by atoms with Gasteiger partial charge in [-0.05, 0) is 46.4 Å². The van der Waals surface area contributed by atoms with Crippen LogP contribution in [0.3, 0.4) is 0 Å². The lowest BCUT2D eigenvalue weighted by Gasteiger charge is -2.06. The number of rotatable bonds is 4. The van der Waals surface area contributed by atoms with Crippen LogP contribution in [-0.4, -0.2) is 16.2 Å². The average molecular weight is 476 g/mol. The highest BCUT2D eigenvalue weighted by Crippen LogP contribution is 2.19. The summed E-state index contributed by atoms with van der Waals surface area (Å²) in [6.07, 6.45) is 1.56.